The molecule has 0 aromatic carbocycles. The van der Waals surface area contributed by atoms with Gasteiger partial charge in [0.05, 0.1) is 12.1 Å². The van der Waals surface area contributed by atoms with E-state index in [0.717, 1.165) is 18.7 Å². The van der Waals surface area contributed by atoms with Crippen LogP contribution in [0.2, 0.25) is 0 Å². The third-order valence-electron chi connectivity index (χ3n) is 2.47. The number of rotatable bonds is 4. The standard InChI is InChI=1S/C12H13ClFN3/c1-2-3-11-15-4-5-17(11)12-9(7-13)6-10(14)8-16-12/h4-6,8H,2-3,7H2,1H3. The van der Waals surface area contributed by atoms with Gasteiger partial charge in [-0.3, -0.25) is 4.57 Å². The smallest absolute Gasteiger partial charge is 0.142 e. The average Bonchev–Trinajstić information content (AvgIpc) is 2.77. The van der Waals surface area contributed by atoms with Gasteiger partial charge in [-0.05, 0) is 12.5 Å². The van der Waals surface area contributed by atoms with Gasteiger partial charge in [0.15, 0.2) is 0 Å². The lowest BCUT2D eigenvalue weighted by molar-refractivity contribution is 0.617. The van der Waals surface area contributed by atoms with E-state index in [1.807, 2.05) is 10.8 Å². The molecular weight excluding hydrogens is 241 g/mol. The van der Waals surface area contributed by atoms with Gasteiger partial charge >= 0.3 is 0 Å². The minimum Gasteiger partial charge on any atom is -0.288 e. The molecule has 2 heterocycles. The van der Waals surface area contributed by atoms with Crippen molar-refractivity contribution in [1.82, 2.24) is 14.5 Å². The van der Waals surface area contributed by atoms with Crippen LogP contribution in [0.4, 0.5) is 4.39 Å². The fourth-order valence-corrected chi connectivity index (χ4v) is 1.92. The molecule has 2 aromatic heterocycles. The fraction of sp³-hybridized carbons (Fsp3) is 0.333. The summed E-state index contributed by atoms with van der Waals surface area (Å²) in [5.74, 6) is 1.42. The molecule has 0 saturated carbocycles. The largest absolute Gasteiger partial charge is 0.288 e. The number of imidazole rings is 1. The summed E-state index contributed by atoms with van der Waals surface area (Å²) in [5.41, 5.74) is 0.669. The predicted octanol–water partition coefficient (Wildman–Crippen LogP) is 3.10. The summed E-state index contributed by atoms with van der Waals surface area (Å²) in [5, 5.41) is 0. The Morgan fingerprint density at radius 1 is 1.41 bits per heavy atom. The van der Waals surface area contributed by atoms with Crippen LogP contribution < -0.4 is 0 Å². The molecule has 0 atom stereocenters. The van der Waals surface area contributed by atoms with Gasteiger partial charge in [0.25, 0.3) is 0 Å². The Kier molecular flexibility index (Phi) is 3.74. The van der Waals surface area contributed by atoms with E-state index >= 15 is 0 Å². The monoisotopic (exact) mass is 253 g/mol. The molecule has 0 aliphatic heterocycles. The Morgan fingerprint density at radius 3 is 2.94 bits per heavy atom. The molecule has 2 aromatic rings. The van der Waals surface area contributed by atoms with Gasteiger partial charge < -0.3 is 0 Å². The highest BCUT2D eigenvalue weighted by Crippen LogP contribution is 2.17. The first-order chi connectivity index (χ1) is 8.26. The predicted molar refractivity (Wildman–Crippen MR) is 64.9 cm³/mol. The number of hydrogen-bond acceptors (Lipinski definition) is 2. The molecule has 0 spiro atoms. The average molecular weight is 254 g/mol. The van der Waals surface area contributed by atoms with Crippen molar-refractivity contribution in [3.63, 3.8) is 0 Å². The summed E-state index contributed by atoms with van der Waals surface area (Å²) in [6.45, 7) is 2.08. The van der Waals surface area contributed by atoms with Gasteiger partial charge in [-0.2, -0.15) is 0 Å². The summed E-state index contributed by atoms with van der Waals surface area (Å²) in [6, 6.07) is 1.41. The lowest BCUT2D eigenvalue weighted by Gasteiger charge is -2.10. The van der Waals surface area contributed by atoms with E-state index in [1.54, 1.807) is 6.20 Å². The molecule has 0 amide bonds. The highest BCUT2D eigenvalue weighted by molar-refractivity contribution is 6.17. The van der Waals surface area contributed by atoms with Crippen LogP contribution in [0, 0.1) is 5.82 Å². The minimum absolute atomic E-state index is 0.226. The number of alkyl halides is 1. The zero-order valence-corrected chi connectivity index (χ0v) is 10.3. The Morgan fingerprint density at radius 2 is 2.24 bits per heavy atom. The number of pyridine rings is 1. The Balaban J connectivity index is 2.48. The van der Waals surface area contributed by atoms with Crippen molar-refractivity contribution < 1.29 is 4.39 Å². The van der Waals surface area contributed by atoms with E-state index in [9.17, 15) is 4.39 Å². The van der Waals surface area contributed by atoms with E-state index in [1.165, 1.54) is 12.3 Å². The molecule has 5 heteroatoms. The van der Waals surface area contributed by atoms with E-state index in [-0.39, 0.29) is 11.7 Å². The zero-order chi connectivity index (χ0) is 12.3. The molecule has 90 valence electrons. The van der Waals surface area contributed by atoms with Gasteiger partial charge in [0, 0.05) is 24.4 Å². The van der Waals surface area contributed by atoms with Crippen molar-refractivity contribution in [2.75, 3.05) is 0 Å². The summed E-state index contributed by atoms with van der Waals surface area (Å²) >= 11 is 5.81. The summed E-state index contributed by atoms with van der Waals surface area (Å²) < 4.78 is 14.9. The fourth-order valence-electron chi connectivity index (χ4n) is 1.72. The third-order valence-corrected chi connectivity index (χ3v) is 2.76. The quantitative estimate of drug-likeness (QED) is 0.784. The summed E-state index contributed by atoms with van der Waals surface area (Å²) in [6.07, 6.45) is 6.58. The number of aromatic nitrogens is 3. The van der Waals surface area contributed by atoms with Crippen molar-refractivity contribution in [3.8, 4) is 5.82 Å². The zero-order valence-electron chi connectivity index (χ0n) is 9.53. The SMILES string of the molecule is CCCc1nccn1-c1ncc(F)cc1CCl. The van der Waals surface area contributed by atoms with Gasteiger partial charge in [0.2, 0.25) is 0 Å². The first-order valence-corrected chi connectivity index (χ1v) is 6.02. The normalized spacial score (nSPS) is 10.8. The molecule has 2 rings (SSSR count). The molecule has 0 radical (unpaired) electrons. The molecule has 0 bridgehead atoms. The molecule has 0 N–H and O–H groups in total. The molecule has 0 saturated heterocycles. The van der Waals surface area contributed by atoms with Gasteiger partial charge in [-0.15, -0.1) is 11.6 Å². The molecule has 0 aliphatic carbocycles. The Hall–Kier alpha value is -1.42. The minimum atomic E-state index is -0.374. The van der Waals surface area contributed by atoms with Crippen molar-refractivity contribution in [2.24, 2.45) is 0 Å². The van der Waals surface area contributed by atoms with E-state index in [4.69, 9.17) is 11.6 Å². The first-order valence-electron chi connectivity index (χ1n) is 5.49. The second kappa shape index (κ2) is 5.27. The van der Waals surface area contributed by atoms with Crippen LogP contribution in [0.5, 0.6) is 0 Å². The summed E-state index contributed by atoms with van der Waals surface area (Å²) in [7, 11) is 0. The van der Waals surface area contributed by atoms with Crippen molar-refractivity contribution >= 4 is 11.6 Å². The first kappa shape index (κ1) is 12.0. The molecule has 3 nitrogen and oxygen atoms in total. The van der Waals surface area contributed by atoms with Crippen LogP contribution in [0.3, 0.4) is 0 Å². The topological polar surface area (TPSA) is 30.7 Å². The van der Waals surface area contributed by atoms with E-state index < -0.39 is 0 Å². The second-order valence-corrected chi connectivity index (χ2v) is 4.00. The molecule has 0 fully saturated rings. The highest BCUT2D eigenvalue weighted by Gasteiger charge is 2.10. The van der Waals surface area contributed by atoms with Crippen LogP contribution in [0.15, 0.2) is 24.7 Å². The van der Waals surface area contributed by atoms with Crippen molar-refractivity contribution in [1.29, 1.82) is 0 Å². The van der Waals surface area contributed by atoms with Crippen molar-refractivity contribution in [3.05, 3.63) is 41.9 Å². The van der Waals surface area contributed by atoms with Crippen LogP contribution in [-0.2, 0) is 12.3 Å². The van der Waals surface area contributed by atoms with Crippen LogP contribution in [0.1, 0.15) is 24.7 Å². The maximum Gasteiger partial charge on any atom is 0.142 e. The Labute approximate surface area is 104 Å². The maximum absolute atomic E-state index is 13.1. The van der Waals surface area contributed by atoms with Gasteiger partial charge in [0.1, 0.15) is 17.5 Å². The van der Waals surface area contributed by atoms with E-state index in [2.05, 4.69) is 16.9 Å². The lowest BCUT2D eigenvalue weighted by atomic mass is 10.2. The van der Waals surface area contributed by atoms with Crippen LogP contribution in [-0.4, -0.2) is 14.5 Å². The van der Waals surface area contributed by atoms with Gasteiger partial charge in [-0.1, -0.05) is 6.92 Å². The van der Waals surface area contributed by atoms with Crippen LogP contribution >= 0.6 is 11.6 Å². The number of halogens is 2. The lowest BCUT2D eigenvalue weighted by Crippen LogP contribution is -2.06. The third kappa shape index (κ3) is 2.47. The van der Waals surface area contributed by atoms with Crippen LogP contribution in [0.25, 0.3) is 5.82 Å². The maximum atomic E-state index is 13.1. The molecule has 0 aliphatic rings. The van der Waals surface area contributed by atoms with Crippen molar-refractivity contribution in [2.45, 2.75) is 25.6 Å². The number of aryl methyl sites for hydroxylation is 1. The number of hydrogen-bond donors (Lipinski definition) is 0. The van der Waals surface area contributed by atoms with Gasteiger partial charge in [-0.25, -0.2) is 14.4 Å². The molecular formula is C12H13ClFN3. The summed E-state index contributed by atoms with van der Waals surface area (Å²) in [4.78, 5) is 8.36. The second-order valence-electron chi connectivity index (χ2n) is 3.73. The highest BCUT2D eigenvalue weighted by atomic mass is 35.5. The Bertz CT molecular complexity index is 510. The van der Waals surface area contributed by atoms with E-state index in [0.29, 0.717) is 11.4 Å². The number of nitrogens with zero attached hydrogens (tertiary/aromatic N) is 3. The molecule has 0 unspecified atom stereocenters. The molecule has 17 heavy (non-hydrogen) atoms.